The first-order valence-electron chi connectivity index (χ1n) is 10.7. The van der Waals surface area contributed by atoms with E-state index in [0.29, 0.717) is 22.7 Å². The zero-order valence-corrected chi connectivity index (χ0v) is 18.5. The maximum atomic E-state index is 12.6. The smallest absolute Gasteiger partial charge is 0.255 e. The second kappa shape index (κ2) is 10.3. The molecule has 4 aromatic rings. The van der Waals surface area contributed by atoms with Crippen LogP contribution < -0.4 is 20.9 Å². The normalized spacial score (nSPS) is 10.4. The van der Waals surface area contributed by atoms with E-state index in [0.717, 1.165) is 11.3 Å². The van der Waals surface area contributed by atoms with Crippen LogP contribution in [-0.2, 0) is 11.3 Å². The van der Waals surface area contributed by atoms with Gasteiger partial charge in [-0.05, 0) is 73.2 Å². The second-order valence-electron chi connectivity index (χ2n) is 7.69. The molecule has 0 atom stereocenters. The molecule has 7 heteroatoms. The van der Waals surface area contributed by atoms with Crippen LogP contribution in [0.5, 0.6) is 11.5 Å². The molecule has 1 heterocycles. The fraction of sp³-hybridized carbons (Fsp3) is 0.0741. The van der Waals surface area contributed by atoms with Gasteiger partial charge in [-0.25, -0.2) is 0 Å². The van der Waals surface area contributed by atoms with Gasteiger partial charge in [-0.1, -0.05) is 24.3 Å². The Bertz CT molecular complexity index is 1350. The summed E-state index contributed by atoms with van der Waals surface area (Å²) in [5.41, 5.74) is 2.25. The lowest BCUT2D eigenvalue weighted by Gasteiger charge is -2.10. The van der Waals surface area contributed by atoms with Gasteiger partial charge >= 0.3 is 0 Å². The average Bonchev–Trinajstić information content (AvgIpc) is 2.84. The maximum absolute atomic E-state index is 12.6. The van der Waals surface area contributed by atoms with Crippen molar-refractivity contribution in [1.82, 2.24) is 4.57 Å². The van der Waals surface area contributed by atoms with Crippen LogP contribution in [0.4, 0.5) is 11.4 Å². The molecule has 170 valence electrons. The van der Waals surface area contributed by atoms with E-state index in [1.165, 1.54) is 10.6 Å². The molecule has 0 spiro atoms. The number of hydrogen-bond donors (Lipinski definition) is 2. The number of nitrogens with zero attached hydrogens (tertiary/aromatic N) is 1. The lowest BCUT2D eigenvalue weighted by atomic mass is 10.2. The van der Waals surface area contributed by atoms with Gasteiger partial charge < -0.3 is 19.9 Å². The zero-order chi connectivity index (χ0) is 23.9. The minimum absolute atomic E-state index is 0.0905. The molecule has 34 heavy (non-hydrogen) atoms. The van der Waals surface area contributed by atoms with Gasteiger partial charge in [-0.2, -0.15) is 0 Å². The fourth-order valence-electron chi connectivity index (χ4n) is 3.27. The Kier molecular flexibility index (Phi) is 6.84. The lowest BCUT2D eigenvalue weighted by Crippen LogP contribution is -2.26. The quantitative estimate of drug-likeness (QED) is 0.419. The Morgan fingerprint density at radius 1 is 0.765 bits per heavy atom. The molecule has 0 aliphatic heterocycles. The van der Waals surface area contributed by atoms with Crippen LogP contribution in [0.1, 0.15) is 15.9 Å². The predicted octanol–water partition coefficient (Wildman–Crippen LogP) is 4.84. The van der Waals surface area contributed by atoms with E-state index in [1.54, 1.807) is 60.8 Å². The monoisotopic (exact) mass is 453 g/mol. The molecule has 0 aliphatic rings. The number of benzene rings is 3. The molecule has 2 N–H and O–H groups in total. The number of hydrogen-bond acceptors (Lipinski definition) is 4. The Morgan fingerprint density at radius 2 is 1.38 bits per heavy atom. The zero-order valence-electron chi connectivity index (χ0n) is 18.5. The third kappa shape index (κ3) is 5.98. The van der Waals surface area contributed by atoms with Gasteiger partial charge in [0.2, 0.25) is 5.91 Å². The summed E-state index contributed by atoms with van der Waals surface area (Å²) < 4.78 is 7.10. The number of nitrogens with one attached hydrogen (secondary N) is 2. The third-order valence-corrected chi connectivity index (χ3v) is 4.97. The first-order chi connectivity index (χ1) is 16.5. The molecule has 3 aromatic carbocycles. The van der Waals surface area contributed by atoms with E-state index in [1.807, 2.05) is 37.3 Å². The minimum Gasteiger partial charge on any atom is -0.457 e. The molecular formula is C27H23N3O4. The number of carbonyl (C=O) groups is 2. The summed E-state index contributed by atoms with van der Waals surface area (Å²) in [5, 5.41) is 5.57. The number of para-hydroxylation sites is 1. The van der Waals surface area contributed by atoms with Crippen molar-refractivity contribution >= 4 is 23.2 Å². The molecule has 2 amide bonds. The second-order valence-corrected chi connectivity index (χ2v) is 7.69. The van der Waals surface area contributed by atoms with E-state index >= 15 is 0 Å². The standard InChI is InChI=1S/C27H23N3O4/c1-19-7-16-26(32)30(17-19)18-25(31)28-21-10-8-20(9-11-21)27(33)29-22-12-14-24(15-13-22)34-23-5-3-2-4-6-23/h2-17H,18H2,1H3,(H,28,31)(H,29,33). The topological polar surface area (TPSA) is 89.4 Å². The molecule has 0 unspecified atom stereocenters. The van der Waals surface area contributed by atoms with Crippen molar-refractivity contribution in [3.8, 4) is 11.5 Å². The number of rotatable bonds is 7. The summed E-state index contributed by atoms with van der Waals surface area (Å²) >= 11 is 0. The highest BCUT2D eigenvalue weighted by Gasteiger charge is 2.09. The number of amides is 2. The highest BCUT2D eigenvalue weighted by Crippen LogP contribution is 2.23. The highest BCUT2D eigenvalue weighted by atomic mass is 16.5. The molecule has 0 radical (unpaired) electrons. The summed E-state index contributed by atoms with van der Waals surface area (Å²) in [6, 6.07) is 26.2. The molecule has 0 fully saturated rings. The molecule has 7 nitrogen and oxygen atoms in total. The van der Waals surface area contributed by atoms with Crippen LogP contribution in [0.25, 0.3) is 0 Å². The van der Waals surface area contributed by atoms with Gasteiger partial charge in [0.15, 0.2) is 0 Å². The lowest BCUT2D eigenvalue weighted by molar-refractivity contribution is -0.116. The molecule has 0 bridgehead atoms. The summed E-state index contributed by atoms with van der Waals surface area (Å²) in [7, 11) is 0. The number of anilines is 2. The van der Waals surface area contributed by atoms with Gasteiger partial charge in [-0.15, -0.1) is 0 Å². The Morgan fingerprint density at radius 3 is 2.09 bits per heavy atom. The highest BCUT2D eigenvalue weighted by molar-refractivity contribution is 6.04. The van der Waals surface area contributed by atoms with Crippen molar-refractivity contribution in [2.75, 3.05) is 10.6 Å². The van der Waals surface area contributed by atoms with Crippen molar-refractivity contribution in [2.45, 2.75) is 13.5 Å². The Labute approximate surface area is 196 Å². The van der Waals surface area contributed by atoms with E-state index in [-0.39, 0.29) is 23.9 Å². The summed E-state index contributed by atoms with van der Waals surface area (Å²) in [5.74, 6) is 0.790. The minimum atomic E-state index is -0.331. The maximum Gasteiger partial charge on any atom is 0.255 e. The SMILES string of the molecule is Cc1ccc(=O)n(CC(=O)Nc2ccc(C(=O)Nc3ccc(Oc4ccccc4)cc3)cc2)c1. The van der Waals surface area contributed by atoms with Crippen molar-refractivity contribution in [3.05, 3.63) is 119 Å². The summed E-state index contributed by atoms with van der Waals surface area (Å²) in [6.07, 6.45) is 1.63. The fourth-order valence-corrected chi connectivity index (χ4v) is 3.27. The van der Waals surface area contributed by atoms with E-state index in [2.05, 4.69) is 10.6 Å². The Balaban J connectivity index is 1.32. The van der Waals surface area contributed by atoms with Gasteiger partial charge in [0.1, 0.15) is 18.0 Å². The average molecular weight is 453 g/mol. The number of pyridine rings is 1. The molecular weight excluding hydrogens is 430 g/mol. The molecule has 0 saturated heterocycles. The Hall–Kier alpha value is -4.65. The number of aromatic nitrogens is 1. The van der Waals surface area contributed by atoms with Crippen molar-refractivity contribution in [1.29, 1.82) is 0 Å². The molecule has 1 aromatic heterocycles. The summed E-state index contributed by atoms with van der Waals surface area (Å²) in [6.45, 7) is 1.76. The van der Waals surface area contributed by atoms with Gasteiger partial charge in [0.25, 0.3) is 11.5 Å². The largest absolute Gasteiger partial charge is 0.457 e. The number of ether oxygens (including phenoxy) is 1. The summed E-state index contributed by atoms with van der Waals surface area (Å²) in [4.78, 5) is 36.7. The van der Waals surface area contributed by atoms with Gasteiger partial charge in [-0.3, -0.25) is 14.4 Å². The third-order valence-electron chi connectivity index (χ3n) is 4.97. The van der Waals surface area contributed by atoms with Crippen molar-refractivity contribution in [3.63, 3.8) is 0 Å². The number of carbonyl (C=O) groups excluding carboxylic acids is 2. The van der Waals surface area contributed by atoms with Gasteiger partial charge in [0.05, 0.1) is 0 Å². The van der Waals surface area contributed by atoms with E-state index < -0.39 is 0 Å². The van der Waals surface area contributed by atoms with Gasteiger partial charge in [0, 0.05) is 29.2 Å². The van der Waals surface area contributed by atoms with Crippen LogP contribution in [0.15, 0.2) is 102 Å². The van der Waals surface area contributed by atoms with Crippen molar-refractivity contribution in [2.24, 2.45) is 0 Å². The van der Waals surface area contributed by atoms with Crippen LogP contribution in [-0.4, -0.2) is 16.4 Å². The molecule has 0 aliphatic carbocycles. The van der Waals surface area contributed by atoms with E-state index in [9.17, 15) is 14.4 Å². The van der Waals surface area contributed by atoms with Crippen molar-refractivity contribution < 1.29 is 14.3 Å². The molecule has 4 rings (SSSR count). The first kappa shape index (κ1) is 22.5. The first-order valence-corrected chi connectivity index (χ1v) is 10.7. The molecule has 0 saturated carbocycles. The van der Waals surface area contributed by atoms with Crippen LogP contribution >= 0.6 is 0 Å². The van der Waals surface area contributed by atoms with Crippen LogP contribution in [0, 0.1) is 6.92 Å². The van der Waals surface area contributed by atoms with Crippen LogP contribution in [0.3, 0.4) is 0 Å². The predicted molar refractivity (Wildman–Crippen MR) is 131 cm³/mol. The van der Waals surface area contributed by atoms with E-state index in [4.69, 9.17) is 4.74 Å². The van der Waals surface area contributed by atoms with Crippen LogP contribution in [0.2, 0.25) is 0 Å². The number of aryl methyl sites for hydroxylation is 1.